The first-order valence-corrected chi connectivity index (χ1v) is 10.5. The Balaban J connectivity index is 1.78. The molecule has 1 atom stereocenters. The van der Waals surface area contributed by atoms with Crippen LogP contribution in [0.1, 0.15) is 58.1 Å². The second kappa shape index (κ2) is 8.96. The SMILES string of the molecule is O=C(NCC(F)(F)F)c1nn(Cc2ccccc2)c2c1CCCCC2c1ccccc1. The molecule has 31 heavy (non-hydrogen) atoms. The minimum absolute atomic E-state index is 0.0408. The predicted molar refractivity (Wildman–Crippen MR) is 112 cm³/mol. The van der Waals surface area contributed by atoms with E-state index in [0.29, 0.717) is 13.0 Å². The molecule has 162 valence electrons. The van der Waals surface area contributed by atoms with Crippen molar-refractivity contribution in [3.05, 3.63) is 88.7 Å². The third kappa shape index (κ3) is 4.98. The molecular formula is C24H24F3N3O. The Bertz CT molecular complexity index is 1030. The highest BCUT2D eigenvalue weighted by atomic mass is 19.4. The molecule has 1 amide bonds. The lowest BCUT2D eigenvalue weighted by molar-refractivity contribution is -0.123. The van der Waals surface area contributed by atoms with Crippen LogP contribution in [-0.4, -0.2) is 28.4 Å². The smallest absolute Gasteiger partial charge is 0.342 e. The van der Waals surface area contributed by atoms with Crippen molar-refractivity contribution in [1.29, 1.82) is 0 Å². The lowest BCUT2D eigenvalue weighted by atomic mass is 9.90. The number of fused-ring (bicyclic) bond motifs is 1. The number of aromatic nitrogens is 2. The standard InChI is InChI=1S/C24H24F3N3O/c25-24(26,27)16-28-23(31)21-20-14-8-7-13-19(18-11-5-2-6-12-18)22(20)30(29-21)15-17-9-3-1-4-10-17/h1-6,9-12,19H,7-8,13-16H2,(H,28,31). The van der Waals surface area contributed by atoms with Gasteiger partial charge < -0.3 is 5.32 Å². The number of benzene rings is 2. The number of hydrogen-bond acceptors (Lipinski definition) is 2. The Labute approximate surface area is 179 Å². The lowest BCUT2D eigenvalue weighted by Gasteiger charge is -2.19. The number of halogens is 3. The number of carbonyl (C=O) groups is 1. The lowest BCUT2D eigenvalue weighted by Crippen LogP contribution is -2.34. The third-order valence-corrected chi connectivity index (χ3v) is 5.64. The number of carbonyl (C=O) groups excluding carboxylic acids is 1. The fourth-order valence-corrected chi connectivity index (χ4v) is 4.27. The van der Waals surface area contributed by atoms with Gasteiger partial charge in [-0.2, -0.15) is 18.3 Å². The number of amides is 1. The largest absolute Gasteiger partial charge is 0.405 e. The van der Waals surface area contributed by atoms with Crippen molar-refractivity contribution in [3.63, 3.8) is 0 Å². The van der Waals surface area contributed by atoms with E-state index in [-0.39, 0.29) is 11.6 Å². The summed E-state index contributed by atoms with van der Waals surface area (Å²) in [4.78, 5) is 12.7. The van der Waals surface area contributed by atoms with Crippen LogP contribution in [-0.2, 0) is 13.0 Å². The van der Waals surface area contributed by atoms with Crippen molar-refractivity contribution < 1.29 is 18.0 Å². The van der Waals surface area contributed by atoms with Gasteiger partial charge >= 0.3 is 6.18 Å². The van der Waals surface area contributed by atoms with Crippen molar-refractivity contribution in [3.8, 4) is 0 Å². The van der Waals surface area contributed by atoms with Crippen molar-refractivity contribution in [2.45, 2.75) is 44.3 Å². The van der Waals surface area contributed by atoms with E-state index in [9.17, 15) is 18.0 Å². The second-order valence-corrected chi connectivity index (χ2v) is 7.86. The fourth-order valence-electron chi connectivity index (χ4n) is 4.27. The number of hydrogen-bond donors (Lipinski definition) is 1. The van der Waals surface area contributed by atoms with Gasteiger partial charge in [-0.25, -0.2) is 0 Å². The van der Waals surface area contributed by atoms with Gasteiger partial charge in [0, 0.05) is 11.5 Å². The quantitative estimate of drug-likeness (QED) is 0.577. The molecule has 1 aliphatic carbocycles. The molecule has 1 heterocycles. The van der Waals surface area contributed by atoms with Crippen molar-refractivity contribution in [2.75, 3.05) is 6.54 Å². The molecule has 1 unspecified atom stereocenters. The summed E-state index contributed by atoms with van der Waals surface area (Å²) in [6.07, 6.45) is -1.09. The molecule has 4 rings (SSSR count). The van der Waals surface area contributed by atoms with Gasteiger partial charge in [0.1, 0.15) is 6.54 Å². The van der Waals surface area contributed by atoms with Gasteiger partial charge in [0.05, 0.1) is 12.2 Å². The van der Waals surface area contributed by atoms with Crippen LogP contribution >= 0.6 is 0 Å². The van der Waals surface area contributed by atoms with Crippen LogP contribution in [0.4, 0.5) is 13.2 Å². The van der Waals surface area contributed by atoms with Gasteiger partial charge in [0.15, 0.2) is 5.69 Å². The first-order valence-electron chi connectivity index (χ1n) is 10.5. The van der Waals surface area contributed by atoms with Crippen LogP contribution < -0.4 is 5.32 Å². The molecule has 0 saturated heterocycles. The molecule has 0 aliphatic heterocycles. The van der Waals surface area contributed by atoms with Gasteiger partial charge in [-0.05, 0) is 30.4 Å². The van der Waals surface area contributed by atoms with Crippen LogP contribution in [0.2, 0.25) is 0 Å². The molecule has 3 aromatic rings. The van der Waals surface area contributed by atoms with E-state index in [0.717, 1.165) is 41.6 Å². The highest BCUT2D eigenvalue weighted by Gasteiger charge is 2.33. The zero-order valence-electron chi connectivity index (χ0n) is 17.0. The van der Waals surface area contributed by atoms with Crippen LogP contribution in [0.3, 0.4) is 0 Å². The molecule has 4 nitrogen and oxygen atoms in total. The zero-order chi connectivity index (χ0) is 21.8. The van der Waals surface area contributed by atoms with Gasteiger partial charge in [-0.1, -0.05) is 67.1 Å². The molecule has 0 fully saturated rings. The highest BCUT2D eigenvalue weighted by Crippen LogP contribution is 2.37. The van der Waals surface area contributed by atoms with Gasteiger partial charge in [0.25, 0.3) is 5.91 Å². The molecule has 0 saturated carbocycles. The van der Waals surface area contributed by atoms with E-state index in [1.165, 1.54) is 0 Å². The minimum Gasteiger partial charge on any atom is -0.342 e. The third-order valence-electron chi connectivity index (χ3n) is 5.64. The summed E-state index contributed by atoms with van der Waals surface area (Å²) >= 11 is 0. The van der Waals surface area contributed by atoms with Crippen molar-refractivity contribution >= 4 is 5.91 Å². The molecule has 1 N–H and O–H groups in total. The number of alkyl halides is 3. The van der Waals surface area contributed by atoms with Crippen LogP contribution in [0.15, 0.2) is 60.7 Å². The van der Waals surface area contributed by atoms with E-state index >= 15 is 0 Å². The Morgan fingerprint density at radius 3 is 2.39 bits per heavy atom. The summed E-state index contributed by atoms with van der Waals surface area (Å²) in [5.74, 6) is -0.729. The summed E-state index contributed by atoms with van der Waals surface area (Å²) in [5.41, 5.74) is 3.96. The van der Waals surface area contributed by atoms with E-state index in [1.54, 1.807) is 0 Å². The molecule has 0 spiro atoms. The van der Waals surface area contributed by atoms with Crippen LogP contribution in [0, 0.1) is 0 Å². The Kier molecular flexibility index (Phi) is 6.11. The summed E-state index contributed by atoms with van der Waals surface area (Å²) in [5, 5.41) is 6.54. The van der Waals surface area contributed by atoms with Crippen molar-refractivity contribution in [1.82, 2.24) is 15.1 Å². The minimum atomic E-state index is -4.47. The maximum Gasteiger partial charge on any atom is 0.405 e. The van der Waals surface area contributed by atoms with E-state index in [4.69, 9.17) is 0 Å². The summed E-state index contributed by atoms with van der Waals surface area (Å²) in [6.45, 7) is -0.909. The summed E-state index contributed by atoms with van der Waals surface area (Å²) in [7, 11) is 0. The average molecular weight is 427 g/mol. The molecule has 1 aromatic heterocycles. The summed E-state index contributed by atoms with van der Waals surface area (Å²) < 4.78 is 39.8. The van der Waals surface area contributed by atoms with Gasteiger partial charge in [-0.3, -0.25) is 9.48 Å². The van der Waals surface area contributed by atoms with Crippen LogP contribution in [0.25, 0.3) is 0 Å². The van der Waals surface area contributed by atoms with Crippen LogP contribution in [0.5, 0.6) is 0 Å². The maximum atomic E-state index is 12.7. The Morgan fingerprint density at radius 1 is 1.03 bits per heavy atom. The first-order chi connectivity index (χ1) is 14.9. The molecule has 0 radical (unpaired) electrons. The van der Waals surface area contributed by atoms with E-state index < -0.39 is 18.6 Å². The Hall–Kier alpha value is -3.09. The normalized spacial score (nSPS) is 16.4. The first kappa shape index (κ1) is 21.2. The fraction of sp³-hybridized carbons (Fsp3) is 0.333. The predicted octanol–water partition coefficient (Wildman–Crippen LogP) is 5.08. The van der Waals surface area contributed by atoms with Gasteiger partial charge in [-0.15, -0.1) is 0 Å². The number of nitrogens with zero attached hydrogens (tertiary/aromatic N) is 2. The average Bonchev–Trinajstić information content (AvgIpc) is 2.96. The highest BCUT2D eigenvalue weighted by molar-refractivity contribution is 5.94. The zero-order valence-corrected chi connectivity index (χ0v) is 17.0. The van der Waals surface area contributed by atoms with Crippen molar-refractivity contribution in [2.24, 2.45) is 0 Å². The second-order valence-electron chi connectivity index (χ2n) is 7.86. The van der Waals surface area contributed by atoms with E-state index in [2.05, 4.69) is 17.2 Å². The molecule has 1 aliphatic rings. The molecule has 7 heteroatoms. The Morgan fingerprint density at radius 2 is 1.71 bits per heavy atom. The van der Waals surface area contributed by atoms with E-state index in [1.807, 2.05) is 58.5 Å². The summed E-state index contributed by atoms with van der Waals surface area (Å²) in [6, 6.07) is 19.8. The topological polar surface area (TPSA) is 46.9 Å². The molecule has 2 aromatic carbocycles. The monoisotopic (exact) mass is 427 g/mol. The maximum absolute atomic E-state index is 12.7. The molecular weight excluding hydrogens is 403 g/mol. The molecule has 0 bridgehead atoms. The number of rotatable bonds is 5. The van der Waals surface area contributed by atoms with Gasteiger partial charge in [0.2, 0.25) is 0 Å². The number of nitrogens with one attached hydrogen (secondary N) is 1.